The molecule has 0 aromatic heterocycles. The van der Waals surface area contributed by atoms with Crippen molar-refractivity contribution in [2.75, 3.05) is 26.7 Å². The van der Waals surface area contributed by atoms with Gasteiger partial charge in [0.2, 0.25) is 0 Å². The fourth-order valence-corrected chi connectivity index (χ4v) is 1.95. The molecule has 0 spiro atoms. The van der Waals surface area contributed by atoms with Crippen molar-refractivity contribution in [3.63, 3.8) is 0 Å². The number of hydrogen-bond donors (Lipinski definition) is 0. The van der Waals surface area contributed by atoms with Gasteiger partial charge in [0.25, 0.3) is 6.43 Å². The summed E-state index contributed by atoms with van der Waals surface area (Å²) in [5, 5.41) is 0. The Hall–Kier alpha value is -0.220. The molecule has 2 heterocycles. The van der Waals surface area contributed by atoms with Gasteiger partial charge in [-0.05, 0) is 7.05 Å². The van der Waals surface area contributed by atoms with Crippen molar-refractivity contribution in [3.05, 3.63) is 0 Å². The summed E-state index contributed by atoms with van der Waals surface area (Å²) in [4.78, 5) is 4.09. The van der Waals surface area contributed by atoms with Crippen LogP contribution in [-0.4, -0.2) is 55.0 Å². The van der Waals surface area contributed by atoms with E-state index in [9.17, 15) is 8.78 Å². The molecule has 0 saturated carbocycles. The first-order chi connectivity index (χ1) is 5.18. The summed E-state index contributed by atoms with van der Waals surface area (Å²) < 4.78 is 23.7. The van der Waals surface area contributed by atoms with Crippen LogP contribution in [0.4, 0.5) is 8.78 Å². The van der Waals surface area contributed by atoms with E-state index in [-0.39, 0.29) is 6.54 Å². The Labute approximate surface area is 64.8 Å². The first kappa shape index (κ1) is 7.43. The number of rotatable bonds is 2. The first-order valence-corrected chi connectivity index (χ1v) is 3.91. The average molecular weight is 162 g/mol. The van der Waals surface area contributed by atoms with Crippen molar-refractivity contribution in [2.24, 2.45) is 0 Å². The maximum absolute atomic E-state index is 11.9. The molecule has 2 rings (SSSR count). The molecule has 0 radical (unpaired) electrons. The Morgan fingerprint density at radius 3 is 2.45 bits per heavy atom. The molecule has 0 aromatic rings. The predicted octanol–water partition coefficient (Wildman–Crippen LogP) is 0.250. The Bertz CT molecular complexity index is 163. The molecule has 0 N–H and O–H groups in total. The molecule has 2 saturated heterocycles. The van der Waals surface area contributed by atoms with E-state index in [1.54, 1.807) is 0 Å². The molecule has 2 atom stereocenters. The maximum atomic E-state index is 11.9. The number of halogens is 2. The Morgan fingerprint density at radius 2 is 2.09 bits per heavy atom. The van der Waals surface area contributed by atoms with Crippen molar-refractivity contribution >= 4 is 0 Å². The van der Waals surface area contributed by atoms with Crippen LogP contribution in [0.5, 0.6) is 0 Å². The second-order valence-corrected chi connectivity index (χ2v) is 3.42. The van der Waals surface area contributed by atoms with Gasteiger partial charge in [-0.1, -0.05) is 0 Å². The van der Waals surface area contributed by atoms with Gasteiger partial charge in [0.05, 0.1) is 6.54 Å². The Balaban J connectivity index is 1.77. The second kappa shape index (κ2) is 2.38. The summed E-state index contributed by atoms with van der Waals surface area (Å²) in [7, 11) is 2.04. The fourth-order valence-electron chi connectivity index (χ4n) is 1.95. The van der Waals surface area contributed by atoms with Crippen molar-refractivity contribution in [1.29, 1.82) is 0 Å². The summed E-state index contributed by atoms with van der Waals surface area (Å²) in [6.07, 6.45) is -2.16. The highest BCUT2D eigenvalue weighted by Gasteiger charge is 2.49. The first-order valence-electron chi connectivity index (χ1n) is 3.91. The van der Waals surface area contributed by atoms with E-state index in [0.29, 0.717) is 12.1 Å². The van der Waals surface area contributed by atoms with Crippen molar-refractivity contribution in [1.82, 2.24) is 9.80 Å². The lowest BCUT2D eigenvalue weighted by molar-refractivity contribution is -0.126. The predicted molar refractivity (Wildman–Crippen MR) is 37.8 cm³/mol. The third-order valence-electron chi connectivity index (χ3n) is 2.75. The van der Waals surface area contributed by atoms with Gasteiger partial charge in [-0.25, -0.2) is 8.78 Å². The van der Waals surface area contributed by atoms with Crippen LogP contribution >= 0.6 is 0 Å². The molecule has 0 amide bonds. The van der Waals surface area contributed by atoms with Crippen molar-refractivity contribution in [3.8, 4) is 0 Å². The van der Waals surface area contributed by atoms with E-state index in [1.807, 2.05) is 11.9 Å². The molecule has 11 heavy (non-hydrogen) atoms. The van der Waals surface area contributed by atoms with Crippen LogP contribution < -0.4 is 0 Å². The van der Waals surface area contributed by atoms with E-state index in [1.165, 1.54) is 0 Å². The van der Waals surface area contributed by atoms with Crippen molar-refractivity contribution < 1.29 is 8.78 Å². The lowest BCUT2D eigenvalue weighted by Gasteiger charge is -2.61. The van der Waals surface area contributed by atoms with E-state index in [0.717, 1.165) is 13.1 Å². The molecule has 2 aliphatic rings. The number of piperazine rings is 1. The highest BCUT2D eigenvalue weighted by molar-refractivity contribution is 5.07. The topological polar surface area (TPSA) is 6.48 Å². The van der Waals surface area contributed by atoms with E-state index >= 15 is 0 Å². The monoisotopic (exact) mass is 162 g/mol. The summed E-state index contributed by atoms with van der Waals surface area (Å²) in [6, 6.07) is 1.02. The molecule has 64 valence electrons. The number of hydrogen-bond acceptors (Lipinski definition) is 2. The summed E-state index contributed by atoms with van der Waals surface area (Å²) in [5.41, 5.74) is 0. The third-order valence-corrected chi connectivity index (χ3v) is 2.75. The average Bonchev–Trinajstić information content (AvgIpc) is 1.91. The normalized spacial score (nSPS) is 38.2. The van der Waals surface area contributed by atoms with Crippen molar-refractivity contribution in [2.45, 2.75) is 18.5 Å². The number of alkyl halides is 2. The van der Waals surface area contributed by atoms with Crippen LogP contribution in [-0.2, 0) is 0 Å². The molecule has 2 unspecified atom stereocenters. The van der Waals surface area contributed by atoms with Gasteiger partial charge < -0.3 is 0 Å². The zero-order valence-corrected chi connectivity index (χ0v) is 6.50. The molecule has 2 nitrogen and oxygen atoms in total. The largest absolute Gasteiger partial charge is 0.299 e. The van der Waals surface area contributed by atoms with Gasteiger partial charge in [0.1, 0.15) is 0 Å². The number of nitrogens with zero attached hydrogens (tertiary/aromatic N) is 2. The zero-order valence-electron chi connectivity index (χ0n) is 6.50. The number of fused-ring (bicyclic) bond motifs is 1. The number of likely N-dealkylation sites (tertiary alicyclic amines) is 2. The van der Waals surface area contributed by atoms with Crippen LogP contribution in [0.1, 0.15) is 0 Å². The SMILES string of the molecule is CN1CC2C1CN2CC(F)F. The van der Waals surface area contributed by atoms with Crippen LogP contribution in [0, 0.1) is 0 Å². The van der Waals surface area contributed by atoms with Gasteiger partial charge in [-0.3, -0.25) is 9.80 Å². The molecule has 2 aliphatic heterocycles. The quantitative estimate of drug-likeness (QED) is 0.574. The third kappa shape index (κ3) is 1.05. The Morgan fingerprint density at radius 1 is 1.36 bits per heavy atom. The highest BCUT2D eigenvalue weighted by atomic mass is 19.3. The molecule has 0 aliphatic carbocycles. The molecular formula is C7H12F2N2. The number of likely N-dealkylation sites (N-methyl/N-ethyl adjacent to an activating group) is 1. The molecule has 4 heteroatoms. The van der Waals surface area contributed by atoms with Gasteiger partial charge in [-0.2, -0.15) is 0 Å². The maximum Gasteiger partial charge on any atom is 0.251 e. The van der Waals surface area contributed by atoms with Gasteiger partial charge >= 0.3 is 0 Å². The van der Waals surface area contributed by atoms with Crippen LogP contribution in [0.15, 0.2) is 0 Å². The minimum atomic E-state index is -2.16. The highest BCUT2D eigenvalue weighted by Crippen LogP contribution is 2.31. The smallest absolute Gasteiger partial charge is 0.251 e. The van der Waals surface area contributed by atoms with Gasteiger partial charge in [-0.15, -0.1) is 0 Å². The van der Waals surface area contributed by atoms with Crippen LogP contribution in [0.3, 0.4) is 0 Å². The fraction of sp³-hybridized carbons (Fsp3) is 1.00. The zero-order chi connectivity index (χ0) is 8.01. The molecule has 0 aromatic carbocycles. The summed E-state index contributed by atoms with van der Waals surface area (Å²) in [6.45, 7) is 1.78. The minimum Gasteiger partial charge on any atom is -0.299 e. The van der Waals surface area contributed by atoms with Crippen LogP contribution in [0.2, 0.25) is 0 Å². The Kier molecular flexibility index (Phi) is 1.61. The van der Waals surface area contributed by atoms with Gasteiger partial charge in [0, 0.05) is 25.2 Å². The lowest BCUT2D eigenvalue weighted by Crippen LogP contribution is -2.77. The van der Waals surface area contributed by atoms with E-state index in [2.05, 4.69) is 4.90 Å². The summed E-state index contributed by atoms with van der Waals surface area (Å²) >= 11 is 0. The summed E-state index contributed by atoms with van der Waals surface area (Å²) in [5.74, 6) is 0. The molecular weight excluding hydrogens is 150 g/mol. The van der Waals surface area contributed by atoms with E-state index < -0.39 is 6.43 Å². The molecule has 2 fully saturated rings. The van der Waals surface area contributed by atoms with Gasteiger partial charge in [0.15, 0.2) is 0 Å². The van der Waals surface area contributed by atoms with E-state index in [4.69, 9.17) is 0 Å². The van der Waals surface area contributed by atoms with Crippen LogP contribution in [0.25, 0.3) is 0 Å². The second-order valence-electron chi connectivity index (χ2n) is 3.42. The lowest BCUT2D eigenvalue weighted by atomic mass is 9.86. The standard InChI is InChI=1S/C7H12F2N2/c1-10-2-6-5(10)3-11(6)4-7(8)9/h5-7H,2-4H2,1H3. The minimum absolute atomic E-state index is 0.0327. The molecule has 0 bridgehead atoms.